The minimum atomic E-state index is -3.88. The van der Waals surface area contributed by atoms with Crippen LogP contribution in [0.1, 0.15) is 29.5 Å². The highest BCUT2D eigenvalue weighted by Gasteiger charge is 2.24. The standard InChI is InChI=1S/C20H23Cl2N3O3S/c1-13-10-17(21)14(2)19(18(13)22)29(27,28)23-12-15-6-5-7-16(11-15)24-20(26)25-8-3-4-9-25/h5-7,10-11,23H,3-4,8-9,12H2,1-2H3,(H,24,26). The molecule has 2 N–H and O–H groups in total. The lowest BCUT2D eigenvalue weighted by Gasteiger charge is -2.17. The van der Waals surface area contributed by atoms with E-state index < -0.39 is 10.0 Å². The Morgan fingerprint density at radius 3 is 2.52 bits per heavy atom. The van der Waals surface area contributed by atoms with Gasteiger partial charge in [-0.25, -0.2) is 17.9 Å². The molecule has 0 radical (unpaired) electrons. The van der Waals surface area contributed by atoms with Gasteiger partial charge in [0.1, 0.15) is 4.90 Å². The second kappa shape index (κ2) is 8.92. The van der Waals surface area contributed by atoms with Gasteiger partial charge in [-0.2, -0.15) is 0 Å². The van der Waals surface area contributed by atoms with Crippen molar-refractivity contribution < 1.29 is 13.2 Å². The van der Waals surface area contributed by atoms with Crippen molar-refractivity contribution in [2.24, 2.45) is 0 Å². The molecule has 1 aliphatic heterocycles. The molecule has 3 rings (SSSR count). The SMILES string of the molecule is Cc1cc(Cl)c(C)c(S(=O)(=O)NCc2cccc(NC(=O)N3CCCC3)c2)c1Cl. The summed E-state index contributed by atoms with van der Waals surface area (Å²) in [5.74, 6) is 0. The molecule has 2 amide bonds. The average molecular weight is 456 g/mol. The number of hydrogen-bond donors (Lipinski definition) is 2. The first-order valence-corrected chi connectivity index (χ1v) is 11.5. The van der Waals surface area contributed by atoms with E-state index >= 15 is 0 Å². The lowest BCUT2D eigenvalue weighted by Crippen LogP contribution is -2.32. The van der Waals surface area contributed by atoms with Crippen LogP contribution in [0.5, 0.6) is 0 Å². The number of nitrogens with one attached hydrogen (secondary N) is 2. The highest BCUT2D eigenvalue weighted by Crippen LogP contribution is 2.33. The zero-order valence-electron chi connectivity index (χ0n) is 16.3. The van der Waals surface area contributed by atoms with Crippen LogP contribution in [-0.4, -0.2) is 32.4 Å². The van der Waals surface area contributed by atoms with Gasteiger partial charge in [-0.3, -0.25) is 0 Å². The molecule has 0 aromatic heterocycles. The van der Waals surface area contributed by atoms with Gasteiger partial charge in [-0.05, 0) is 61.6 Å². The minimum absolute atomic E-state index is 0.0114. The maximum Gasteiger partial charge on any atom is 0.321 e. The van der Waals surface area contributed by atoms with Crippen molar-refractivity contribution in [3.05, 3.63) is 57.1 Å². The largest absolute Gasteiger partial charge is 0.325 e. The van der Waals surface area contributed by atoms with Gasteiger partial charge >= 0.3 is 6.03 Å². The van der Waals surface area contributed by atoms with E-state index in [1.54, 1.807) is 49.1 Å². The quantitative estimate of drug-likeness (QED) is 0.684. The second-order valence-electron chi connectivity index (χ2n) is 7.09. The number of nitrogens with zero attached hydrogens (tertiary/aromatic N) is 1. The number of urea groups is 1. The normalized spacial score (nSPS) is 14.3. The summed E-state index contributed by atoms with van der Waals surface area (Å²) in [4.78, 5) is 14.0. The van der Waals surface area contributed by atoms with Crippen LogP contribution in [0, 0.1) is 13.8 Å². The Hall–Kier alpha value is -1.80. The predicted molar refractivity (Wildman–Crippen MR) is 116 cm³/mol. The van der Waals surface area contributed by atoms with Gasteiger partial charge in [0.05, 0.1) is 5.02 Å². The number of anilines is 1. The lowest BCUT2D eigenvalue weighted by molar-refractivity contribution is 0.222. The molecular weight excluding hydrogens is 433 g/mol. The molecule has 0 unspecified atom stereocenters. The average Bonchev–Trinajstić information content (AvgIpc) is 3.20. The summed E-state index contributed by atoms with van der Waals surface area (Å²) in [6, 6.07) is 8.57. The summed E-state index contributed by atoms with van der Waals surface area (Å²) in [7, 11) is -3.88. The van der Waals surface area contributed by atoms with E-state index in [1.165, 1.54) is 0 Å². The Bertz CT molecular complexity index is 1010. The number of carbonyl (C=O) groups is 1. The Morgan fingerprint density at radius 2 is 1.83 bits per heavy atom. The zero-order chi connectivity index (χ0) is 21.2. The smallest absolute Gasteiger partial charge is 0.321 e. The summed E-state index contributed by atoms with van der Waals surface area (Å²) in [5.41, 5.74) is 2.32. The number of likely N-dealkylation sites (tertiary alicyclic amines) is 1. The maximum absolute atomic E-state index is 12.9. The second-order valence-corrected chi connectivity index (χ2v) is 9.58. The number of aryl methyl sites for hydroxylation is 1. The molecule has 1 saturated heterocycles. The van der Waals surface area contributed by atoms with Gasteiger partial charge in [0.25, 0.3) is 0 Å². The van der Waals surface area contributed by atoms with Crippen LogP contribution in [0.2, 0.25) is 10.0 Å². The number of rotatable bonds is 5. The van der Waals surface area contributed by atoms with Crippen molar-refractivity contribution in [2.75, 3.05) is 18.4 Å². The third kappa shape index (κ3) is 5.04. The van der Waals surface area contributed by atoms with Crippen molar-refractivity contribution >= 4 is 44.9 Å². The van der Waals surface area contributed by atoms with Crippen molar-refractivity contribution in [3.63, 3.8) is 0 Å². The molecule has 0 aliphatic carbocycles. The Labute approximate surface area is 181 Å². The molecule has 9 heteroatoms. The first-order chi connectivity index (χ1) is 13.7. The van der Waals surface area contributed by atoms with E-state index in [0.717, 1.165) is 25.9 Å². The van der Waals surface area contributed by atoms with Gasteiger partial charge in [0, 0.05) is 30.3 Å². The monoisotopic (exact) mass is 455 g/mol. The fourth-order valence-electron chi connectivity index (χ4n) is 3.27. The van der Waals surface area contributed by atoms with E-state index in [1.807, 2.05) is 0 Å². The molecular formula is C20H23Cl2N3O3S. The summed E-state index contributed by atoms with van der Waals surface area (Å²) in [6.07, 6.45) is 2.03. The van der Waals surface area contributed by atoms with Gasteiger partial charge in [0.15, 0.2) is 0 Å². The fourth-order valence-corrected chi connectivity index (χ4v) is 5.49. The minimum Gasteiger partial charge on any atom is -0.325 e. The van der Waals surface area contributed by atoms with Gasteiger partial charge in [-0.15, -0.1) is 0 Å². The Balaban J connectivity index is 1.74. The van der Waals surface area contributed by atoms with E-state index in [2.05, 4.69) is 10.0 Å². The third-order valence-corrected chi connectivity index (χ3v) is 7.46. The number of hydrogen-bond acceptors (Lipinski definition) is 3. The molecule has 6 nitrogen and oxygen atoms in total. The van der Waals surface area contributed by atoms with Crippen molar-refractivity contribution in [1.29, 1.82) is 0 Å². The lowest BCUT2D eigenvalue weighted by atomic mass is 10.2. The summed E-state index contributed by atoms with van der Waals surface area (Å²) in [6.45, 7) is 4.89. The predicted octanol–water partition coefficient (Wildman–Crippen LogP) is 4.72. The molecule has 1 aliphatic rings. The molecule has 1 fully saturated rings. The van der Waals surface area contributed by atoms with Crippen LogP contribution in [0.3, 0.4) is 0 Å². The molecule has 2 aromatic carbocycles. The molecule has 0 bridgehead atoms. The highest BCUT2D eigenvalue weighted by molar-refractivity contribution is 7.89. The number of carbonyl (C=O) groups excluding carboxylic acids is 1. The van der Waals surface area contributed by atoms with Crippen molar-refractivity contribution in [2.45, 2.75) is 38.1 Å². The molecule has 0 spiro atoms. The van der Waals surface area contributed by atoms with Crippen LogP contribution in [0.15, 0.2) is 35.2 Å². The van der Waals surface area contributed by atoms with E-state index in [-0.39, 0.29) is 22.5 Å². The fraction of sp³-hybridized carbons (Fsp3) is 0.350. The van der Waals surface area contributed by atoms with Crippen LogP contribution in [-0.2, 0) is 16.6 Å². The van der Waals surface area contributed by atoms with Crippen molar-refractivity contribution in [1.82, 2.24) is 9.62 Å². The first-order valence-electron chi connectivity index (χ1n) is 9.29. The van der Waals surface area contributed by atoms with E-state index in [0.29, 0.717) is 27.4 Å². The number of sulfonamides is 1. The number of halogens is 2. The summed E-state index contributed by atoms with van der Waals surface area (Å²) < 4.78 is 28.3. The Morgan fingerprint density at radius 1 is 1.14 bits per heavy atom. The summed E-state index contributed by atoms with van der Waals surface area (Å²) >= 11 is 12.4. The Kier molecular flexibility index (Phi) is 6.73. The van der Waals surface area contributed by atoms with Crippen LogP contribution in [0.4, 0.5) is 10.5 Å². The molecule has 0 saturated carbocycles. The third-order valence-electron chi connectivity index (χ3n) is 4.89. The molecule has 2 aromatic rings. The van der Waals surface area contributed by atoms with Gasteiger partial charge in [-0.1, -0.05) is 35.3 Å². The van der Waals surface area contributed by atoms with Gasteiger partial charge < -0.3 is 10.2 Å². The number of benzene rings is 2. The van der Waals surface area contributed by atoms with Crippen LogP contribution in [0.25, 0.3) is 0 Å². The first kappa shape index (κ1) is 21.9. The zero-order valence-corrected chi connectivity index (χ0v) is 18.6. The molecule has 29 heavy (non-hydrogen) atoms. The topological polar surface area (TPSA) is 78.5 Å². The van der Waals surface area contributed by atoms with E-state index in [9.17, 15) is 13.2 Å². The summed E-state index contributed by atoms with van der Waals surface area (Å²) in [5, 5.41) is 3.36. The van der Waals surface area contributed by atoms with Gasteiger partial charge in [0.2, 0.25) is 10.0 Å². The van der Waals surface area contributed by atoms with Crippen molar-refractivity contribution in [3.8, 4) is 0 Å². The number of amides is 2. The maximum atomic E-state index is 12.9. The molecule has 1 heterocycles. The molecule has 0 atom stereocenters. The van der Waals surface area contributed by atoms with E-state index in [4.69, 9.17) is 23.2 Å². The van der Waals surface area contributed by atoms with Crippen LogP contribution >= 0.6 is 23.2 Å². The highest BCUT2D eigenvalue weighted by atomic mass is 35.5. The van der Waals surface area contributed by atoms with Crippen LogP contribution < -0.4 is 10.0 Å². The molecule has 156 valence electrons.